The summed E-state index contributed by atoms with van der Waals surface area (Å²) in [7, 11) is 0. The van der Waals surface area contributed by atoms with Gasteiger partial charge >= 0.3 is 0 Å². The first-order chi connectivity index (χ1) is 8.19. The molecule has 0 saturated heterocycles. The van der Waals surface area contributed by atoms with Crippen LogP contribution in [0.3, 0.4) is 0 Å². The molecule has 1 atom stereocenters. The molecule has 96 valence electrons. The summed E-state index contributed by atoms with van der Waals surface area (Å²) in [6.07, 6.45) is 5.10. The van der Waals surface area contributed by atoms with Gasteiger partial charge in [0.2, 0.25) is 0 Å². The van der Waals surface area contributed by atoms with E-state index in [0.29, 0.717) is 6.61 Å². The molecule has 1 aromatic rings. The maximum absolute atomic E-state index is 10.7. The van der Waals surface area contributed by atoms with Gasteiger partial charge in [0.1, 0.15) is 6.10 Å². The number of hydrogen-bond acceptors (Lipinski definition) is 3. The second-order valence-electron chi connectivity index (χ2n) is 4.89. The number of aliphatic hydroxyl groups excluding tert-OH is 1. The minimum atomic E-state index is -0.464. The van der Waals surface area contributed by atoms with Gasteiger partial charge in [-0.15, -0.1) is 11.3 Å². The Hall–Kier alpha value is -0.380. The molecular formula is C14H22O2S. The molecule has 0 amide bonds. The lowest BCUT2D eigenvalue weighted by Gasteiger charge is -2.41. The van der Waals surface area contributed by atoms with Crippen LogP contribution in [0.25, 0.3) is 0 Å². The highest BCUT2D eigenvalue weighted by molar-refractivity contribution is 7.10. The van der Waals surface area contributed by atoms with E-state index in [2.05, 4.69) is 12.3 Å². The summed E-state index contributed by atoms with van der Waals surface area (Å²) < 4.78 is 5.97. The van der Waals surface area contributed by atoms with Crippen LogP contribution in [0.4, 0.5) is 0 Å². The topological polar surface area (TPSA) is 29.5 Å². The Balaban J connectivity index is 2.23. The Bertz CT molecular complexity index is 347. The molecule has 1 aromatic heterocycles. The Kier molecular flexibility index (Phi) is 4.23. The maximum Gasteiger partial charge on any atom is 0.109 e. The Morgan fingerprint density at radius 2 is 2.12 bits per heavy atom. The van der Waals surface area contributed by atoms with Gasteiger partial charge in [-0.3, -0.25) is 0 Å². The van der Waals surface area contributed by atoms with Gasteiger partial charge in [0.25, 0.3) is 0 Å². The molecule has 0 aliphatic heterocycles. The molecule has 0 bridgehead atoms. The summed E-state index contributed by atoms with van der Waals surface area (Å²) in [4.78, 5) is 1.21. The molecule has 1 unspecified atom stereocenters. The monoisotopic (exact) mass is 254 g/mol. The lowest BCUT2D eigenvalue weighted by atomic mass is 9.78. The molecule has 3 heteroatoms. The average molecular weight is 254 g/mol. The van der Waals surface area contributed by atoms with E-state index in [4.69, 9.17) is 4.74 Å². The minimum Gasteiger partial charge on any atom is -0.385 e. The molecule has 2 rings (SSSR count). The van der Waals surface area contributed by atoms with Crippen molar-refractivity contribution in [3.8, 4) is 0 Å². The summed E-state index contributed by atoms with van der Waals surface area (Å²) in [6, 6.07) is 2.04. The van der Waals surface area contributed by atoms with Crippen LogP contribution >= 0.6 is 11.3 Å². The van der Waals surface area contributed by atoms with Gasteiger partial charge in [-0.2, -0.15) is 0 Å². The predicted octanol–water partition coefficient (Wildman–Crippen LogP) is 3.83. The van der Waals surface area contributed by atoms with Gasteiger partial charge in [0, 0.05) is 11.5 Å². The summed E-state index contributed by atoms with van der Waals surface area (Å²) in [5.41, 5.74) is 0.726. The fourth-order valence-corrected chi connectivity index (χ4v) is 3.63. The summed E-state index contributed by atoms with van der Waals surface area (Å²) >= 11 is 1.70. The van der Waals surface area contributed by atoms with Crippen LogP contribution < -0.4 is 0 Å². The molecule has 17 heavy (non-hydrogen) atoms. The van der Waals surface area contributed by atoms with Crippen LogP contribution in [-0.2, 0) is 4.74 Å². The van der Waals surface area contributed by atoms with Gasteiger partial charge in [-0.25, -0.2) is 0 Å². The quantitative estimate of drug-likeness (QED) is 0.885. The lowest BCUT2D eigenvalue weighted by molar-refractivity contribution is -0.141. The van der Waals surface area contributed by atoms with E-state index in [1.165, 1.54) is 24.1 Å². The first-order valence-electron chi connectivity index (χ1n) is 6.55. The zero-order chi connectivity index (χ0) is 12.3. The average Bonchev–Trinajstić information content (AvgIpc) is 2.76. The summed E-state index contributed by atoms with van der Waals surface area (Å²) in [6.45, 7) is 4.77. The molecule has 1 N–H and O–H groups in total. The standard InChI is InChI=1S/C14H22O2S/c1-3-16-14(8-5-4-6-9-14)13(15)12-7-10-17-11(12)2/h7,10,13,15H,3-6,8-9H2,1-2H3. The van der Waals surface area contributed by atoms with Crippen molar-refractivity contribution in [2.24, 2.45) is 0 Å². The molecule has 1 aliphatic carbocycles. The first-order valence-corrected chi connectivity index (χ1v) is 7.43. The van der Waals surface area contributed by atoms with Crippen LogP contribution in [-0.4, -0.2) is 17.3 Å². The van der Waals surface area contributed by atoms with E-state index in [0.717, 1.165) is 18.4 Å². The van der Waals surface area contributed by atoms with Crippen LogP contribution in [0.5, 0.6) is 0 Å². The van der Waals surface area contributed by atoms with Crippen molar-refractivity contribution in [1.29, 1.82) is 0 Å². The molecule has 1 saturated carbocycles. The van der Waals surface area contributed by atoms with Crippen molar-refractivity contribution >= 4 is 11.3 Å². The molecular weight excluding hydrogens is 232 g/mol. The number of hydrogen-bond donors (Lipinski definition) is 1. The van der Waals surface area contributed by atoms with Crippen molar-refractivity contribution in [3.05, 3.63) is 21.9 Å². The van der Waals surface area contributed by atoms with Crippen molar-refractivity contribution < 1.29 is 9.84 Å². The third-order valence-electron chi connectivity index (χ3n) is 3.82. The Morgan fingerprint density at radius 3 is 2.65 bits per heavy atom. The maximum atomic E-state index is 10.7. The highest BCUT2D eigenvalue weighted by Gasteiger charge is 2.41. The first kappa shape index (κ1) is 13.1. The lowest BCUT2D eigenvalue weighted by Crippen LogP contribution is -2.41. The summed E-state index contributed by atoms with van der Waals surface area (Å²) in [5, 5.41) is 12.7. The van der Waals surface area contributed by atoms with Crippen LogP contribution in [0, 0.1) is 6.92 Å². The van der Waals surface area contributed by atoms with Crippen molar-refractivity contribution in [2.45, 2.75) is 57.7 Å². The van der Waals surface area contributed by atoms with Gasteiger partial charge < -0.3 is 9.84 Å². The largest absolute Gasteiger partial charge is 0.385 e. The molecule has 1 heterocycles. The normalized spacial score (nSPS) is 21.4. The second kappa shape index (κ2) is 5.51. The molecule has 1 fully saturated rings. The Labute approximate surface area is 108 Å². The van der Waals surface area contributed by atoms with Gasteiger partial charge in [0.15, 0.2) is 0 Å². The number of ether oxygens (including phenoxy) is 1. The molecule has 0 spiro atoms. The van der Waals surface area contributed by atoms with Crippen LogP contribution in [0.2, 0.25) is 0 Å². The SMILES string of the molecule is CCOC1(C(O)c2ccsc2C)CCCCC1. The van der Waals surface area contributed by atoms with Gasteiger partial charge in [-0.1, -0.05) is 19.3 Å². The number of rotatable bonds is 4. The smallest absolute Gasteiger partial charge is 0.109 e. The van der Waals surface area contributed by atoms with E-state index < -0.39 is 6.10 Å². The molecule has 0 radical (unpaired) electrons. The molecule has 0 aromatic carbocycles. The van der Waals surface area contributed by atoms with Crippen LogP contribution in [0.1, 0.15) is 55.6 Å². The van der Waals surface area contributed by atoms with E-state index in [1.54, 1.807) is 11.3 Å². The fourth-order valence-electron chi connectivity index (χ4n) is 2.90. The predicted molar refractivity (Wildman–Crippen MR) is 71.5 cm³/mol. The third kappa shape index (κ3) is 2.56. The number of aryl methyl sites for hydroxylation is 1. The van der Waals surface area contributed by atoms with Gasteiger partial charge in [-0.05, 0) is 43.7 Å². The second-order valence-corrected chi connectivity index (χ2v) is 6.01. The molecule has 2 nitrogen and oxygen atoms in total. The highest BCUT2D eigenvalue weighted by Crippen LogP contribution is 2.43. The van der Waals surface area contributed by atoms with E-state index in [1.807, 2.05) is 13.0 Å². The zero-order valence-corrected chi connectivity index (χ0v) is 11.6. The number of thiophene rings is 1. The minimum absolute atomic E-state index is 0.334. The van der Waals surface area contributed by atoms with E-state index in [-0.39, 0.29) is 5.60 Å². The van der Waals surface area contributed by atoms with Crippen molar-refractivity contribution in [3.63, 3.8) is 0 Å². The van der Waals surface area contributed by atoms with E-state index >= 15 is 0 Å². The zero-order valence-electron chi connectivity index (χ0n) is 10.7. The highest BCUT2D eigenvalue weighted by atomic mass is 32.1. The summed E-state index contributed by atoms with van der Waals surface area (Å²) in [5.74, 6) is 0. The van der Waals surface area contributed by atoms with Gasteiger partial charge in [0.05, 0.1) is 5.60 Å². The van der Waals surface area contributed by atoms with Crippen molar-refractivity contribution in [2.75, 3.05) is 6.61 Å². The number of aliphatic hydroxyl groups is 1. The van der Waals surface area contributed by atoms with Crippen molar-refractivity contribution in [1.82, 2.24) is 0 Å². The van der Waals surface area contributed by atoms with E-state index in [9.17, 15) is 5.11 Å². The fraction of sp³-hybridized carbons (Fsp3) is 0.714. The van der Waals surface area contributed by atoms with Crippen LogP contribution in [0.15, 0.2) is 11.4 Å². The third-order valence-corrected chi connectivity index (χ3v) is 4.68. The molecule has 1 aliphatic rings. The Morgan fingerprint density at radius 1 is 1.41 bits per heavy atom.